The zero-order valence-electron chi connectivity index (χ0n) is 15.3. The molecule has 1 aliphatic heterocycles. The maximum Gasteiger partial charge on any atom is 0.126 e. The van der Waals surface area contributed by atoms with Crippen LogP contribution in [0.1, 0.15) is 0 Å². The lowest BCUT2D eigenvalue weighted by Crippen LogP contribution is -2.86. The Bertz CT molecular complexity index is 304. The molecule has 1 aliphatic rings. The molecule has 0 saturated carbocycles. The Morgan fingerprint density at radius 1 is 0.476 bits per heavy atom. The van der Waals surface area contributed by atoms with Gasteiger partial charge in [-0.1, -0.05) is 58.9 Å². The van der Waals surface area contributed by atoms with Gasteiger partial charge in [-0.25, -0.2) is 0 Å². The van der Waals surface area contributed by atoms with Gasteiger partial charge in [-0.05, 0) is 0 Å². The van der Waals surface area contributed by atoms with E-state index in [1.165, 1.54) is 0 Å². The standard InChI is InChI=1S/C12H36N6Si3/c1-19(2,3)16-10(13)17(20(4,5)6)12(15)18(11(16)14)21(7,8)9/h10-12H,13-15H2,1-9H3. The minimum Gasteiger partial charge on any atom is -0.304 e. The van der Waals surface area contributed by atoms with Gasteiger partial charge in [-0.3, -0.25) is 13.7 Å². The highest BCUT2D eigenvalue weighted by Crippen LogP contribution is 2.31. The molecule has 1 heterocycles. The van der Waals surface area contributed by atoms with Gasteiger partial charge in [0.1, 0.15) is 43.6 Å². The molecular weight excluding hydrogens is 312 g/mol. The van der Waals surface area contributed by atoms with Crippen molar-refractivity contribution in [2.75, 3.05) is 0 Å². The van der Waals surface area contributed by atoms with E-state index in [-0.39, 0.29) is 18.9 Å². The minimum absolute atomic E-state index is 0.180. The molecule has 0 aromatic carbocycles. The van der Waals surface area contributed by atoms with E-state index in [9.17, 15) is 0 Å². The summed E-state index contributed by atoms with van der Waals surface area (Å²) in [7, 11) is -4.99. The van der Waals surface area contributed by atoms with E-state index < -0.39 is 24.7 Å². The van der Waals surface area contributed by atoms with Gasteiger partial charge in [0.15, 0.2) is 0 Å². The molecule has 6 nitrogen and oxygen atoms in total. The first-order valence-corrected chi connectivity index (χ1v) is 18.1. The fraction of sp³-hybridized carbons (Fsp3) is 1.00. The summed E-state index contributed by atoms with van der Waals surface area (Å²) in [6.45, 7) is 20.7. The van der Waals surface area contributed by atoms with Crippen LogP contribution in [0.15, 0.2) is 0 Å². The molecule has 0 spiro atoms. The monoisotopic (exact) mass is 348 g/mol. The summed E-state index contributed by atoms with van der Waals surface area (Å²) in [5.41, 5.74) is 19.9. The molecule has 0 aromatic heterocycles. The van der Waals surface area contributed by atoms with Crippen molar-refractivity contribution in [3.05, 3.63) is 0 Å². The molecular formula is C12H36N6Si3. The van der Waals surface area contributed by atoms with Gasteiger partial charge in [0.2, 0.25) is 0 Å². The average molecular weight is 349 g/mol. The zero-order valence-corrected chi connectivity index (χ0v) is 18.3. The summed E-state index contributed by atoms with van der Waals surface area (Å²) in [4.78, 5) is 0. The van der Waals surface area contributed by atoms with E-state index in [4.69, 9.17) is 17.2 Å². The van der Waals surface area contributed by atoms with Gasteiger partial charge >= 0.3 is 0 Å². The molecule has 0 radical (unpaired) electrons. The Balaban J connectivity index is 3.38. The summed E-state index contributed by atoms with van der Waals surface area (Å²) in [6, 6.07) is 0. The minimum atomic E-state index is -1.66. The molecule has 0 amide bonds. The highest BCUT2D eigenvalue weighted by molar-refractivity contribution is 6.76. The highest BCUT2D eigenvalue weighted by atomic mass is 28.3. The van der Waals surface area contributed by atoms with Gasteiger partial charge in [0, 0.05) is 0 Å². The zero-order chi connectivity index (χ0) is 17.0. The molecule has 1 saturated heterocycles. The third-order valence-electron chi connectivity index (χ3n) is 4.03. The molecule has 0 aromatic rings. The number of rotatable bonds is 3. The summed E-state index contributed by atoms with van der Waals surface area (Å²) in [6.07, 6.45) is -0.539. The number of nitrogens with two attached hydrogens (primary N) is 3. The molecule has 1 fully saturated rings. The van der Waals surface area contributed by atoms with Crippen LogP contribution in [0.5, 0.6) is 0 Å². The van der Waals surface area contributed by atoms with E-state index >= 15 is 0 Å². The Labute approximate surface area is 133 Å². The molecule has 126 valence electrons. The summed E-state index contributed by atoms with van der Waals surface area (Å²) < 4.78 is 7.02. The lowest BCUT2D eigenvalue weighted by atomic mass is 10.5. The first-order chi connectivity index (χ1) is 9.10. The SMILES string of the molecule is C[Si](C)(C)N1C(N)N([Si](C)(C)C)C(N)N([Si](C)(C)C)C1N. The second kappa shape index (κ2) is 5.80. The second-order valence-electron chi connectivity index (χ2n) is 8.98. The highest BCUT2D eigenvalue weighted by Gasteiger charge is 2.52. The van der Waals surface area contributed by atoms with E-state index in [0.717, 1.165) is 0 Å². The average Bonchev–Trinajstić information content (AvgIpc) is 2.07. The van der Waals surface area contributed by atoms with Crippen molar-refractivity contribution >= 4 is 24.7 Å². The first kappa shape index (κ1) is 19.5. The van der Waals surface area contributed by atoms with Gasteiger partial charge < -0.3 is 17.2 Å². The second-order valence-corrected chi connectivity index (χ2v) is 23.5. The van der Waals surface area contributed by atoms with Gasteiger partial charge in [-0.2, -0.15) is 0 Å². The summed E-state index contributed by atoms with van der Waals surface area (Å²) in [5, 5.41) is 0. The number of hydrogen-bond acceptors (Lipinski definition) is 6. The van der Waals surface area contributed by atoms with Crippen molar-refractivity contribution in [1.29, 1.82) is 0 Å². The molecule has 0 aliphatic carbocycles. The largest absolute Gasteiger partial charge is 0.304 e. The van der Waals surface area contributed by atoms with Gasteiger partial charge in [-0.15, -0.1) is 0 Å². The smallest absolute Gasteiger partial charge is 0.126 e. The van der Waals surface area contributed by atoms with Gasteiger partial charge in [0.25, 0.3) is 0 Å². The van der Waals surface area contributed by atoms with Crippen LogP contribution in [0.4, 0.5) is 0 Å². The lowest BCUT2D eigenvalue weighted by Gasteiger charge is -2.63. The normalized spacial score (nSPS) is 31.7. The van der Waals surface area contributed by atoms with Crippen molar-refractivity contribution in [3.8, 4) is 0 Å². The molecule has 6 N–H and O–H groups in total. The van der Waals surface area contributed by atoms with Crippen LogP contribution < -0.4 is 17.2 Å². The van der Waals surface area contributed by atoms with Crippen LogP contribution in [0.25, 0.3) is 0 Å². The maximum atomic E-state index is 6.63. The van der Waals surface area contributed by atoms with Crippen molar-refractivity contribution in [1.82, 2.24) is 13.7 Å². The van der Waals surface area contributed by atoms with Crippen molar-refractivity contribution in [2.24, 2.45) is 17.2 Å². The third-order valence-corrected chi connectivity index (χ3v) is 10.3. The Hall–Kier alpha value is 0.411. The Morgan fingerprint density at radius 2 is 0.619 bits per heavy atom. The van der Waals surface area contributed by atoms with E-state index in [2.05, 4.69) is 72.6 Å². The molecule has 1 rings (SSSR count). The first-order valence-electron chi connectivity index (χ1n) is 7.72. The topological polar surface area (TPSA) is 87.8 Å². The predicted octanol–water partition coefficient (Wildman–Crippen LogP) is 1.14. The summed E-state index contributed by atoms with van der Waals surface area (Å²) in [5.74, 6) is 0. The van der Waals surface area contributed by atoms with E-state index in [1.54, 1.807) is 0 Å². The predicted molar refractivity (Wildman–Crippen MR) is 99.5 cm³/mol. The van der Waals surface area contributed by atoms with Gasteiger partial charge in [0.05, 0.1) is 0 Å². The Kier molecular flexibility index (Phi) is 5.37. The van der Waals surface area contributed by atoms with Crippen molar-refractivity contribution in [2.45, 2.75) is 77.8 Å². The molecule has 0 bridgehead atoms. The fourth-order valence-electron chi connectivity index (χ4n) is 3.25. The molecule has 0 unspecified atom stereocenters. The van der Waals surface area contributed by atoms with E-state index in [1.807, 2.05) is 0 Å². The van der Waals surface area contributed by atoms with Crippen molar-refractivity contribution in [3.63, 3.8) is 0 Å². The van der Waals surface area contributed by atoms with Crippen LogP contribution in [-0.4, -0.2) is 57.3 Å². The Morgan fingerprint density at radius 3 is 0.714 bits per heavy atom. The lowest BCUT2D eigenvalue weighted by molar-refractivity contribution is -0.0620. The number of hydrogen-bond donors (Lipinski definition) is 3. The third kappa shape index (κ3) is 3.85. The number of nitrogens with zero attached hydrogens (tertiary/aromatic N) is 3. The van der Waals surface area contributed by atoms with Crippen LogP contribution in [0.3, 0.4) is 0 Å². The van der Waals surface area contributed by atoms with Crippen LogP contribution >= 0.6 is 0 Å². The van der Waals surface area contributed by atoms with Crippen LogP contribution in [-0.2, 0) is 0 Å². The van der Waals surface area contributed by atoms with Crippen LogP contribution in [0.2, 0.25) is 58.9 Å². The fourth-order valence-corrected chi connectivity index (χ4v) is 9.11. The molecule has 21 heavy (non-hydrogen) atoms. The van der Waals surface area contributed by atoms with E-state index in [0.29, 0.717) is 0 Å². The molecule has 9 heteroatoms. The molecule has 0 atom stereocenters. The van der Waals surface area contributed by atoms with Crippen molar-refractivity contribution < 1.29 is 0 Å². The summed E-state index contributed by atoms with van der Waals surface area (Å²) >= 11 is 0. The maximum absolute atomic E-state index is 6.63. The quantitative estimate of drug-likeness (QED) is 0.663. The van der Waals surface area contributed by atoms with Crippen LogP contribution in [0, 0.1) is 0 Å².